The van der Waals surface area contributed by atoms with Crippen molar-refractivity contribution in [2.24, 2.45) is 7.05 Å². The number of amides is 2. The molecular weight excluding hydrogens is 332 g/mol. The lowest BCUT2D eigenvalue weighted by Crippen LogP contribution is -2.32. The van der Waals surface area contributed by atoms with E-state index < -0.39 is 0 Å². The minimum atomic E-state index is -0.143. The first kappa shape index (κ1) is 17.8. The van der Waals surface area contributed by atoms with Crippen molar-refractivity contribution in [2.75, 3.05) is 6.54 Å². The van der Waals surface area contributed by atoms with Gasteiger partial charge in [0.05, 0.1) is 17.3 Å². The number of hydrogen-bond acceptors (Lipinski definition) is 4. The van der Waals surface area contributed by atoms with Gasteiger partial charge in [-0.3, -0.25) is 19.4 Å². The highest BCUT2D eigenvalue weighted by Crippen LogP contribution is 2.32. The minimum Gasteiger partial charge on any atom is -0.352 e. The molecule has 136 valence electrons. The normalized spacial score (nSPS) is 16.5. The molecule has 1 fully saturated rings. The Hall–Kier alpha value is -2.96. The summed E-state index contributed by atoms with van der Waals surface area (Å²) in [6.07, 6.45) is 5.08. The van der Waals surface area contributed by atoms with Gasteiger partial charge in [0, 0.05) is 45.5 Å². The van der Waals surface area contributed by atoms with Crippen LogP contribution in [0.15, 0.2) is 41.5 Å². The second-order valence-electron chi connectivity index (χ2n) is 6.52. The summed E-state index contributed by atoms with van der Waals surface area (Å²) in [5.74, 6) is -0.175. The highest BCUT2D eigenvalue weighted by atomic mass is 16.2. The number of pyridine rings is 2. The highest BCUT2D eigenvalue weighted by Gasteiger charge is 2.31. The zero-order valence-corrected chi connectivity index (χ0v) is 14.9. The maximum atomic E-state index is 12.9. The molecule has 0 saturated carbocycles. The lowest BCUT2D eigenvalue weighted by atomic mass is 10.1. The van der Waals surface area contributed by atoms with Crippen LogP contribution in [0.5, 0.6) is 0 Å². The number of carbonyl (C=O) groups is 2. The zero-order chi connectivity index (χ0) is 18.7. The Morgan fingerprint density at radius 1 is 1.27 bits per heavy atom. The molecule has 3 rings (SSSR count). The molecule has 1 aliphatic rings. The monoisotopic (exact) mass is 354 g/mol. The zero-order valence-electron chi connectivity index (χ0n) is 14.9. The van der Waals surface area contributed by atoms with Gasteiger partial charge >= 0.3 is 0 Å². The molecule has 0 spiro atoms. The standard InChI is InChI=1S/C19H22N4O3/c1-13(24)20-10-14-5-7-16(21-11-14)17-4-3-9-23(17)19(26)15-6-8-18(25)22(2)12-15/h5-8,11-12,17H,3-4,9-10H2,1-2H3,(H,20,24)/t17-/m0/s1. The molecule has 7 heteroatoms. The van der Waals surface area contributed by atoms with Crippen molar-refractivity contribution in [2.45, 2.75) is 32.4 Å². The van der Waals surface area contributed by atoms with Gasteiger partial charge in [0.1, 0.15) is 0 Å². The van der Waals surface area contributed by atoms with E-state index in [-0.39, 0.29) is 23.4 Å². The summed E-state index contributed by atoms with van der Waals surface area (Å²) in [6, 6.07) is 6.74. The van der Waals surface area contributed by atoms with Crippen LogP contribution in [0.1, 0.15) is 47.4 Å². The fourth-order valence-corrected chi connectivity index (χ4v) is 3.17. The van der Waals surface area contributed by atoms with Crippen molar-refractivity contribution >= 4 is 11.8 Å². The molecule has 2 aromatic rings. The van der Waals surface area contributed by atoms with E-state index in [4.69, 9.17) is 0 Å². The van der Waals surface area contributed by atoms with E-state index in [2.05, 4.69) is 10.3 Å². The Morgan fingerprint density at radius 3 is 2.73 bits per heavy atom. The maximum Gasteiger partial charge on any atom is 0.255 e. The van der Waals surface area contributed by atoms with Gasteiger partial charge in [-0.25, -0.2) is 0 Å². The molecule has 7 nitrogen and oxygen atoms in total. The third kappa shape index (κ3) is 3.82. The molecule has 1 aliphatic heterocycles. The van der Waals surface area contributed by atoms with Gasteiger partial charge in [-0.05, 0) is 30.5 Å². The van der Waals surface area contributed by atoms with Gasteiger partial charge in [0.2, 0.25) is 11.5 Å². The van der Waals surface area contributed by atoms with E-state index in [1.54, 1.807) is 25.5 Å². The van der Waals surface area contributed by atoms with E-state index >= 15 is 0 Å². The summed E-state index contributed by atoms with van der Waals surface area (Å²) in [6.45, 7) is 2.58. The molecule has 3 heterocycles. The molecule has 0 aromatic carbocycles. The lowest BCUT2D eigenvalue weighted by Gasteiger charge is -2.24. The van der Waals surface area contributed by atoms with Crippen molar-refractivity contribution in [3.8, 4) is 0 Å². The predicted molar refractivity (Wildman–Crippen MR) is 96.5 cm³/mol. The van der Waals surface area contributed by atoms with Gasteiger partial charge in [0.15, 0.2) is 0 Å². The maximum absolute atomic E-state index is 12.9. The Labute approximate surface area is 151 Å². The molecule has 2 aromatic heterocycles. The van der Waals surface area contributed by atoms with Gasteiger partial charge in [-0.2, -0.15) is 0 Å². The first-order chi connectivity index (χ1) is 12.5. The number of rotatable bonds is 4. The van der Waals surface area contributed by atoms with E-state index in [0.29, 0.717) is 18.7 Å². The van der Waals surface area contributed by atoms with Crippen LogP contribution in [-0.4, -0.2) is 32.8 Å². The summed E-state index contributed by atoms with van der Waals surface area (Å²) in [5, 5.41) is 2.74. The third-order valence-electron chi connectivity index (χ3n) is 4.58. The lowest BCUT2D eigenvalue weighted by molar-refractivity contribution is -0.119. The third-order valence-corrected chi connectivity index (χ3v) is 4.58. The summed E-state index contributed by atoms with van der Waals surface area (Å²) in [5.41, 5.74) is 2.11. The topological polar surface area (TPSA) is 84.3 Å². The molecule has 1 atom stereocenters. The Bertz CT molecular complexity index is 873. The second kappa shape index (κ2) is 7.51. The van der Waals surface area contributed by atoms with Crippen LogP contribution in [0.2, 0.25) is 0 Å². The van der Waals surface area contributed by atoms with Gasteiger partial charge in [-0.15, -0.1) is 0 Å². The Morgan fingerprint density at radius 2 is 2.08 bits per heavy atom. The molecule has 0 radical (unpaired) electrons. The Balaban J connectivity index is 1.77. The molecular formula is C19H22N4O3. The molecule has 26 heavy (non-hydrogen) atoms. The smallest absolute Gasteiger partial charge is 0.255 e. The van der Waals surface area contributed by atoms with Crippen LogP contribution in [0.3, 0.4) is 0 Å². The second-order valence-corrected chi connectivity index (χ2v) is 6.52. The van der Waals surface area contributed by atoms with Crippen LogP contribution < -0.4 is 10.9 Å². The van der Waals surface area contributed by atoms with E-state index in [9.17, 15) is 14.4 Å². The summed E-state index contributed by atoms with van der Waals surface area (Å²) < 4.78 is 1.41. The summed E-state index contributed by atoms with van der Waals surface area (Å²) in [7, 11) is 1.63. The van der Waals surface area contributed by atoms with Crippen LogP contribution in [0.25, 0.3) is 0 Å². The van der Waals surface area contributed by atoms with E-state index in [1.165, 1.54) is 17.6 Å². The van der Waals surface area contributed by atoms with Gasteiger partial charge in [0.25, 0.3) is 5.91 Å². The number of aromatic nitrogens is 2. The highest BCUT2D eigenvalue weighted by molar-refractivity contribution is 5.94. The molecule has 1 saturated heterocycles. The fourth-order valence-electron chi connectivity index (χ4n) is 3.17. The average molecular weight is 354 g/mol. The number of hydrogen-bond donors (Lipinski definition) is 1. The van der Waals surface area contributed by atoms with Crippen molar-refractivity contribution in [1.82, 2.24) is 19.8 Å². The van der Waals surface area contributed by atoms with Gasteiger partial charge < -0.3 is 14.8 Å². The SMILES string of the molecule is CC(=O)NCc1ccc([C@@H]2CCCN2C(=O)c2ccc(=O)n(C)c2)nc1. The van der Waals surface area contributed by atoms with Gasteiger partial charge in [-0.1, -0.05) is 6.07 Å². The van der Waals surface area contributed by atoms with Crippen LogP contribution in [0.4, 0.5) is 0 Å². The van der Waals surface area contributed by atoms with Crippen LogP contribution in [0, 0.1) is 0 Å². The van der Waals surface area contributed by atoms with Crippen LogP contribution in [-0.2, 0) is 18.4 Å². The molecule has 0 aliphatic carbocycles. The molecule has 0 bridgehead atoms. The first-order valence-corrected chi connectivity index (χ1v) is 8.62. The number of nitrogens with zero attached hydrogens (tertiary/aromatic N) is 3. The molecule has 1 N–H and O–H groups in total. The molecule has 0 unspecified atom stereocenters. The number of carbonyl (C=O) groups excluding carboxylic acids is 2. The predicted octanol–water partition coefficient (Wildman–Crippen LogP) is 1.39. The fraction of sp³-hybridized carbons (Fsp3) is 0.368. The van der Waals surface area contributed by atoms with Crippen molar-refractivity contribution < 1.29 is 9.59 Å². The van der Waals surface area contributed by atoms with Crippen molar-refractivity contribution in [3.05, 3.63) is 63.8 Å². The quantitative estimate of drug-likeness (QED) is 0.899. The van der Waals surface area contributed by atoms with Crippen molar-refractivity contribution in [3.63, 3.8) is 0 Å². The summed E-state index contributed by atoms with van der Waals surface area (Å²) in [4.78, 5) is 41.7. The van der Waals surface area contributed by atoms with Crippen molar-refractivity contribution in [1.29, 1.82) is 0 Å². The average Bonchev–Trinajstić information content (AvgIpc) is 3.12. The molecule has 2 amide bonds. The largest absolute Gasteiger partial charge is 0.352 e. The number of likely N-dealkylation sites (tertiary alicyclic amines) is 1. The van der Waals surface area contributed by atoms with E-state index in [0.717, 1.165) is 24.1 Å². The van der Waals surface area contributed by atoms with E-state index in [1.807, 2.05) is 17.0 Å². The summed E-state index contributed by atoms with van der Waals surface area (Å²) >= 11 is 0. The minimum absolute atomic E-state index is 0.0745. The number of aryl methyl sites for hydroxylation is 1. The number of nitrogens with one attached hydrogen (secondary N) is 1. The first-order valence-electron chi connectivity index (χ1n) is 8.62. The van der Waals surface area contributed by atoms with Crippen LogP contribution >= 0.6 is 0 Å². The Kier molecular flexibility index (Phi) is 5.16.